The Morgan fingerprint density at radius 1 is 1.36 bits per heavy atom. The molecule has 2 aromatic heterocycles. The van der Waals surface area contributed by atoms with Gasteiger partial charge < -0.3 is 9.88 Å². The number of nitrogens with zero attached hydrogens (tertiary/aromatic N) is 3. The van der Waals surface area contributed by atoms with Crippen LogP contribution in [0.3, 0.4) is 0 Å². The van der Waals surface area contributed by atoms with Crippen molar-refractivity contribution < 1.29 is 4.79 Å². The van der Waals surface area contributed by atoms with Crippen molar-refractivity contribution in [1.29, 1.82) is 0 Å². The van der Waals surface area contributed by atoms with Crippen LogP contribution in [0.5, 0.6) is 0 Å². The van der Waals surface area contributed by atoms with Gasteiger partial charge in [0.1, 0.15) is 0 Å². The van der Waals surface area contributed by atoms with Gasteiger partial charge in [-0.15, -0.1) is 0 Å². The number of rotatable bonds is 5. The molecule has 2 rings (SSSR count). The van der Waals surface area contributed by atoms with E-state index < -0.39 is 11.2 Å². The lowest BCUT2D eigenvalue weighted by atomic mass is 10.1. The molecular formula is C14H19N5O3. The second kappa shape index (κ2) is 6.42. The first-order chi connectivity index (χ1) is 10.4. The van der Waals surface area contributed by atoms with Gasteiger partial charge in [-0.25, -0.2) is 4.79 Å². The molecule has 0 saturated carbocycles. The van der Waals surface area contributed by atoms with Crippen LogP contribution in [0.4, 0.5) is 0 Å². The molecular weight excluding hydrogens is 286 g/mol. The Bertz CT molecular complexity index is 786. The lowest BCUT2D eigenvalue weighted by molar-refractivity contribution is -0.130. The third kappa shape index (κ3) is 3.72. The molecule has 2 heterocycles. The number of H-pyrrole nitrogens is 2. The minimum atomic E-state index is -0.536. The van der Waals surface area contributed by atoms with Crippen molar-refractivity contribution >= 4 is 5.91 Å². The molecule has 2 aromatic rings. The van der Waals surface area contributed by atoms with Gasteiger partial charge in [-0.05, 0) is 13.3 Å². The molecule has 0 saturated heterocycles. The summed E-state index contributed by atoms with van der Waals surface area (Å²) in [5.41, 5.74) is 0.894. The van der Waals surface area contributed by atoms with Gasteiger partial charge >= 0.3 is 5.69 Å². The molecule has 0 unspecified atom stereocenters. The summed E-state index contributed by atoms with van der Waals surface area (Å²) >= 11 is 0. The van der Waals surface area contributed by atoms with Crippen molar-refractivity contribution in [2.75, 3.05) is 7.05 Å². The minimum absolute atomic E-state index is 0.0751. The zero-order chi connectivity index (χ0) is 16.3. The Hall–Kier alpha value is -2.64. The molecule has 1 amide bonds. The molecule has 8 heteroatoms. The van der Waals surface area contributed by atoms with Gasteiger partial charge in [0.05, 0.1) is 6.20 Å². The van der Waals surface area contributed by atoms with E-state index in [0.29, 0.717) is 17.8 Å². The van der Waals surface area contributed by atoms with Crippen molar-refractivity contribution in [2.45, 2.75) is 26.3 Å². The molecule has 0 aliphatic rings. The van der Waals surface area contributed by atoms with Crippen LogP contribution in [0.15, 0.2) is 22.0 Å². The summed E-state index contributed by atoms with van der Waals surface area (Å²) in [4.78, 5) is 41.3. The minimum Gasteiger partial charge on any atom is -0.341 e. The number of carbonyl (C=O) groups excluding carboxylic acids is 1. The van der Waals surface area contributed by atoms with Gasteiger partial charge in [0, 0.05) is 50.1 Å². The molecule has 0 bridgehead atoms. The Morgan fingerprint density at radius 3 is 2.68 bits per heavy atom. The number of nitrogens with one attached hydrogen (secondary N) is 2. The number of hydrogen-bond acceptors (Lipinski definition) is 4. The molecule has 8 nitrogen and oxygen atoms in total. The molecule has 0 aromatic carbocycles. The topological polar surface area (TPSA) is 104 Å². The van der Waals surface area contributed by atoms with Crippen molar-refractivity contribution in [2.24, 2.45) is 7.05 Å². The van der Waals surface area contributed by atoms with E-state index in [1.54, 1.807) is 29.7 Å². The lowest BCUT2D eigenvalue weighted by Crippen LogP contribution is -2.30. The zero-order valence-electron chi connectivity index (χ0n) is 12.8. The number of amides is 1. The average molecular weight is 305 g/mol. The summed E-state index contributed by atoms with van der Waals surface area (Å²) in [5.74, 6) is -0.0751. The van der Waals surface area contributed by atoms with E-state index in [9.17, 15) is 14.4 Å². The highest BCUT2D eigenvalue weighted by Gasteiger charge is 2.13. The van der Waals surface area contributed by atoms with Crippen LogP contribution in [0, 0.1) is 6.92 Å². The van der Waals surface area contributed by atoms with E-state index in [1.165, 1.54) is 0 Å². The SMILES string of the molecule is Cc1[nH]c(=O)[nH]c(=O)c1CCC(=O)N(C)Cc1cnn(C)c1. The molecule has 0 aliphatic carbocycles. The van der Waals surface area contributed by atoms with E-state index in [1.807, 2.05) is 13.2 Å². The third-order valence-electron chi connectivity index (χ3n) is 3.45. The molecule has 2 N–H and O–H groups in total. The van der Waals surface area contributed by atoms with Crippen LogP contribution in [0.25, 0.3) is 0 Å². The molecule has 0 radical (unpaired) electrons. The quantitative estimate of drug-likeness (QED) is 0.791. The molecule has 22 heavy (non-hydrogen) atoms. The van der Waals surface area contributed by atoms with E-state index in [-0.39, 0.29) is 18.7 Å². The molecule has 118 valence electrons. The Morgan fingerprint density at radius 2 is 2.09 bits per heavy atom. The largest absolute Gasteiger partial charge is 0.341 e. The number of carbonyl (C=O) groups is 1. The monoisotopic (exact) mass is 305 g/mol. The second-order valence-corrected chi connectivity index (χ2v) is 5.28. The molecule has 0 spiro atoms. The van der Waals surface area contributed by atoms with Crippen LogP contribution < -0.4 is 11.2 Å². The zero-order valence-corrected chi connectivity index (χ0v) is 12.8. The maximum Gasteiger partial charge on any atom is 0.325 e. The summed E-state index contributed by atoms with van der Waals surface area (Å²) in [7, 11) is 3.52. The number of aromatic amines is 2. The van der Waals surface area contributed by atoms with Crippen LogP contribution >= 0.6 is 0 Å². The second-order valence-electron chi connectivity index (χ2n) is 5.28. The predicted molar refractivity (Wildman–Crippen MR) is 80.4 cm³/mol. The Labute approximate surface area is 126 Å². The highest BCUT2D eigenvalue weighted by molar-refractivity contribution is 5.76. The fraction of sp³-hybridized carbons (Fsp3) is 0.429. The van der Waals surface area contributed by atoms with Crippen molar-refractivity contribution in [1.82, 2.24) is 24.6 Å². The first-order valence-electron chi connectivity index (χ1n) is 6.90. The molecule has 0 fully saturated rings. The van der Waals surface area contributed by atoms with Crippen molar-refractivity contribution in [3.63, 3.8) is 0 Å². The van der Waals surface area contributed by atoms with E-state index in [0.717, 1.165) is 5.56 Å². The van der Waals surface area contributed by atoms with E-state index in [4.69, 9.17) is 0 Å². The first-order valence-corrected chi connectivity index (χ1v) is 6.90. The van der Waals surface area contributed by atoms with Gasteiger partial charge in [-0.1, -0.05) is 0 Å². The van der Waals surface area contributed by atoms with Crippen LogP contribution in [0.2, 0.25) is 0 Å². The van der Waals surface area contributed by atoms with Gasteiger partial charge in [-0.2, -0.15) is 5.10 Å². The summed E-state index contributed by atoms with van der Waals surface area (Å²) in [6, 6.07) is 0. The van der Waals surface area contributed by atoms with Crippen LogP contribution in [-0.2, 0) is 24.8 Å². The Kier molecular flexibility index (Phi) is 4.59. The first kappa shape index (κ1) is 15.7. The van der Waals surface area contributed by atoms with Crippen molar-refractivity contribution in [3.05, 3.63) is 50.1 Å². The lowest BCUT2D eigenvalue weighted by Gasteiger charge is -2.16. The number of aromatic nitrogens is 4. The smallest absolute Gasteiger partial charge is 0.325 e. The summed E-state index contributed by atoms with van der Waals surface area (Å²) < 4.78 is 1.68. The normalized spacial score (nSPS) is 10.7. The maximum atomic E-state index is 12.1. The third-order valence-corrected chi connectivity index (χ3v) is 3.45. The molecule has 0 atom stereocenters. The predicted octanol–water partition coefficient (Wildman–Crippen LogP) is -0.304. The fourth-order valence-corrected chi connectivity index (χ4v) is 2.27. The van der Waals surface area contributed by atoms with Gasteiger partial charge in [0.2, 0.25) is 5.91 Å². The highest BCUT2D eigenvalue weighted by Crippen LogP contribution is 2.06. The highest BCUT2D eigenvalue weighted by atomic mass is 16.2. The van der Waals surface area contributed by atoms with Gasteiger partial charge in [-0.3, -0.25) is 19.3 Å². The molecule has 0 aliphatic heterocycles. The van der Waals surface area contributed by atoms with Crippen LogP contribution in [0.1, 0.15) is 23.2 Å². The average Bonchev–Trinajstić information content (AvgIpc) is 2.82. The fourth-order valence-electron chi connectivity index (χ4n) is 2.27. The standard InChI is InChI=1S/C14H19N5O3/c1-9-11(13(21)17-14(22)16-9)4-5-12(20)18(2)7-10-6-15-19(3)8-10/h6,8H,4-5,7H2,1-3H3,(H2,16,17,21,22). The maximum absolute atomic E-state index is 12.1. The number of aryl methyl sites for hydroxylation is 2. The van der Waals surface area contributed by atoms with Crippen LogP contribution in [-0.4, -0.2) is 37.6 Å². The number of hydrogen-bond donors (Lipinski definition) is 2. The van der Waals surface area contributed by atoms with Gasteiger partial charge in [0.15, 0.2) is 0 Å². The van der Waals surface area contributed by atoms with E-state index in [2.05, 4.69) is 15.1 Å². The Balaban J connectivity index is 1.98. The summed E-state index contributed by atoms with van der Waals surface area (Å²) in [6.07, 6.45) is 4.04. The van der Waals surface area contributed by atoms with Crippen molar-refractivity contribution in [3.8, 4) is 0 Å². The van der Waals surface area contributed by atoms with Gasteiger partial charge in [0.25, 0.3) is 5.56 Å². The summed E-state index contributed by atoms with van der Waals surface area (Å²) in [6.45, 7) is 2.11. The van der Waals surface area contributed by atoms with E-state index >= 15 is 0 Å². The summed E-state index contributed by atoms with van der Waals surface area (Å²) in [5, 5.41) is 4.05.